The number of amides is 1. The molecular weight excluding hydrogens is 497 g/mol. The number of benzene rings is 1. The Morgan fingerprint density at radius 1 is 1.03 bits per heavy atom. The van der Waals surface area contributed by atoms with Gasteiger partial charge in [-0.25, -0.2) is 0 Å². The van der Waals surface area contributed by atoms with Crippen molar-refractivity contribution in [2.45, 2.75) is 50.9 Å². The topological polar surface area (TPSA) is 82.1 Å². The standard InChI is InChI=1S/C22H32IN3O4/c23-21(28)2-1-3-22(29)24-14-19-8-9-20(30-19)16-26-12-10-25(11-13-26)15-17-4-6-18(27)7-5-17/h4-7,19-20,27H,1-3,8-16H2,(H,24,29). The summed E-state index contributed by atoms with van der Waals surface area (Å²) in [6, 6.07) is 7.45. The summed E-state index contributed by atoms with van der Waals surface area (Å²) in [6.07, 6.45) is 3.83. The van der Waals surface area contributed by atoms with Crippen LogP contribution < -0.4 is 5.32 Å². The molecule has 1 aromatic carbocycles. The zero-order chi connectivity index (χ0) is 21.3. The first-order valence-electron chi connectivity index (χ1n) is 10.8. The fourth-order valence-electron chi connectivity index (χ4n) is 4.05. The molecule has 2 unspecified atom stereocenters. The number of carbonyl (C=O) groups excluding carboxylic acids is 2. The zero-order valence-electron chi connectivity index (χ0n) is 17.4. The van der Waals surface area contributed by atoms with E-state index in [0.717, 1.165) is 52.1 Å². The highest BCUT2D eigenvalue weighted by molar-refractivity contribution is 14.1. The van der Waals surface area contributed by atoms with Crippen LogP contribution in [0.25, 0.3) is 0 Å². The van der Waals surface area contributed by atoms with Gasteiger partial charge in [0.05, 0.1) is 12.2 Å². The van der Waals surface area contributed by atoms with E-state index >= 15 is 0 Å². The summed E-state index contributed by atoms with van der Waals surface area (Å²) in [5.74, 6) is 0.315. The fraction of sp³-hybridized carbons (Fsp3) is 0.636. The van der Waals surface area contributed by atoms with Crippen molar-refractivity contribution in [3.8, 4) is 5.75 Å². The molecule has 2 atom stereocenters. The number of phenolic OH excluding ortho intramolecular Hbond substituents is 1. The lowest BCUT2D eigenvalue weighted by Gasteiger charge is -2.35. The maximum atomic E-state index is 11.9. The monoisotopic (exact) mass is 529 g/mol. The van der Waals surface area contributed by atoms with Gasteiger partial charge in [0.1, 0.15) is 5.75 Å². The molecule has 7 nitrogen and oxygen atoms in total. The van der Waals surface area contributed by atoms with E-state index < -0.39 is 0 Å². The number of nitrogens with zero attached hydrogens (tertiary/aromatic N) is 2. The van der Waals surface area contributed by atoms with Crippen molar-refractivity contribution in [3.05, 3.63) is 29.8 Å². The predicted molar refractivity (Wildman–Crippen MR) is 124 cm³/mol. The van der Waals surface area contributed by atoms with Crippen molar-refractivity contribution in [1.29, 1.82) is 0 Å². The molecule has 30 heavy (non-hydrogen) atoms. The normalized spacial score (nSPS) is 22.8. The Kier molecular flexibility index (Phi) is 9.35. The van der Waals surface area contributed by atoms with Gasteiger partial charge < -0.3 is 15.2 Å². The highest BCUT2D eigenvalue weighted by atomic mass is 127. The summed E-state index contributed by atoms with van der Waals surface area (Å²) in [5.41, 5.74) is 1.23. The Morgan fingerprint density at radius 2 is 1.70 bits per heavy atom. The van der Waals surface area contributed by atoms with E-state index in [1.54, 1.807) is 34.7 Å². The maximum Gasteiger partial charge on any atom is 0.220 e. The van der Waals surface area contributed by atoms with Crippen LogP contribution in [0.4, 0.5) is 0 Å². The molecule has 2 saturated heterocycles. The van der Waals surface area contributed by atoms with Crippen LogP contribution in [0.2, 0.25) is 0 Å². The number of rotatable bonds is 10. The molecule has 166 valence electrons. The number of aromatic hydroxyl groups is 1. The lowest BCUT2D eigenvalue weighted by molar-refractivity contribution is -0.121. The van der Waals surface area contributed by atoms with Crippen LogP contribution in [-0.2, 0) is 20.9 Å². The zero-order valence-corrected chi connectivity index (χ0v) is 19.6. The first kappa shape index (κ1) is 23.4. The van der Waals surface area contributed by atoms with Gasteiger partial charge in [-0.15, -0.1) is 0 Å². The first-order valence-corrected chi connectivity index (χ1v) is 11.9. The Bertz CT molecular complexity index is 692. The Hall–Kier alpha value is -1.23. The smallest absolute Gasteiger partial charge is 0.220 e. The molecule has 2 fully saturated rings. The van der Waals surface area contributed by atoms with Gasteiger partial charge in [0, 0.05) is 58.7 Å². The summed E-state index contributed by atoms with van der Waals surface area (Å²) < 4.78 is 6.24. The van der Waals surface area contributed by atoms with Crippen LogP contribution in [0.3, 0.4) is 0 Å². The minimum Gasteiger partial charge on any atom is -0.508 e. The third-order valence-corrected chi connectivity index (χ3v) is 6.31. The second-order valence-electron chi connectivity index (χ2n) is 8.21. The Balaban J connectivity index is 1.28. The molecule has 2 aliphatic heterocycles. The molecule has 3 rings (SSSR count). The van der Waals surface area contributed by atoms with Gasteiger partial charge in [-0.3, -0.25) is 19.4 Å². The third kappa shape index (κ3) is 8.13. The minimum atomic E-state index is 0.00412. The highest BCUT2D eigenvalue weighted by Gasteiger charge is 2.28. The molecule has 2 aliphatic rings. The molecule has 0 bridgehead atoms. The summed E-state index contributed by atoms with van der Waals surface area (Å²) in [7, 11) is 0. The number of hydrogen-bond donors (Lipinski definition) is 2. The lowest BCUT2D eigenvalue weighted by Crippen LogP contribution is -2.48. The van der Waals surface area contributed by atoms with Crippen LogP contribution in [0.5, 0.6) is 5.75 Å². The number of piperazine rings is 1. The molecule has 1 amide bonds. The van der Waals surface area contributed by atoms with E-state index in [1.165, 1.54) is 5.56 Å². The summed E-state index contributed by atoms with van der Waals surface area (Å²) in [4.78, 5) is 27.7. The van der Waals surface area contributed by atoms with Crippen molar-refractivity contribution in [1.82, 2.24) is 15.1 Å². The average molecular weight is 529 g/mol. The van der Waals surface area contributed by atoms with Crippen LogP contribution in [0.1, 0.15) is 37.7 Å². The molecular formula is C22H32IN3O4. The largest absolute Gasteiger partial charge is 0.508 e. The first-order chi connectivity index (χ1) is 14.5. The summed E-state index contributed by atoms with van der Waals surface area (Å²) >= 11 is 1.77. The summed E-state index contributed by atoms with van der Waals surface area (Å²) in [6.45, 7) is 6.58. The number of carbonyl (C=O) groups is 2. The van der Waals surface area contributed by atoms with Gasteiger partial charge >= 0.3 is 0 Å². The van der Waals surface area contributed by atoms with E-state index in [-0.39, 0.29) is 21.9 Å². The molecule has 0 spiro atoms. The molecule has 8 heteroatoms. The maximum absolute atomic E-state index is 11.9. The highest BCUT2D eigenvalue weighted by Crippen LogP contribution is 2.21. The second kappa shape index (κ2) is 12.0. The van der Waals surface area contributed by atoms with Gasteiger partial charge in [0.2, 0.25) is 5.91 Å². The molecule has 2 heterocycles. The van der Waals surface area contributed by atoms with Crippen LogP contribution >= 0.6 is 22.6 Å². The van der Waals surface area contributed by atoms with Gasteiger partial charge in [0.25, 0.3) is 0 Å². The molecule has 0 saturated carbocycles. The lowest BCUT2D eigenvalue weighted by atomic mass is 10.1. The SMILES string of the molecule is O=C(I)CCCC(=O)NCC1CCC(CN2CCN(Cc3ccc(O)cc3)CC2)O1. The number of hydrogen-bond acceptors (Lipinski definition) is 6. The van der Waals surface area contributed by atoms with Gasteiger partial charge in [-0.05, 0) is 59.5 Å². The van der Waals surface area contributed by atoms with Crippen molar-refractivity contribution >= 4 is 32.3 Å². The Morgan fingerprint density at radius 3 is 2.40 bits per heavy atom. The van der Waals surface area contributed by atoms with Crippen molar-refractivity contribution in [3.63, 3.8) is 0 Å². The average Bonchev–Trinajstić information content (AvgIpc) is 3.17. The van der Waals surface area contributed by atoms with Crippen LogP contribution in [-0.4, -0.2) is 76.1 Å². The quantitative estimate of drug-likeness (QED) is 0.358. The van der Waals surface area contributed by atoms with Gasteiger partial charge in [0.15, 0.2) is 3.79 Å². The number of ether oxygens (including phenoxy) is 1. The second-order valence-corrected chi connectivity index (χ2v) is 9.42. The van der Waals surface area contributed by atoms with E-state index in [9.17, 15) is 14.7 Å². The van der Waals surface area contributed by atoms with Crippen molar-refractivity contribution in [2.24, 2.45) is 0 Å². The van der Waals surface area contributed by atoms with Crippen molar-refractivity contribution < 1.29 is 19.4 Å². The molecule has 0 aliphatic carbocycles. The van der Waals surface area contributed by atoms with E-state index in [0.29, 0.717) is 31.6 Å². The van der Waals surface area contributed by atoms with Gasteiger partial charge in [-0.1, -0.05) is 12.1 Å². The summed E-state index contributed by atoms with van der Waals surface area (Å²) in [5, 5.41) is 12.3. The molecule has 0 radical (unpaired) electrons. The van der Waals surface area contributed by atoms with Crippen molar-refractivity contribution in [2.75, 3.05) is 39.3 Å². The van der Waals surface area contributed by atoms with E-state index in [4.69, 9.17) is 4.74 Å². The van der Waals surface area contributed by atoms with Crippen LogP contribution in [0, 0.1) is 0 Å². The number of phenols is 1. The predicted octanol–water partition coefficient (Wildman–Crippen LogP) is 2.31. The number of nitrogens with one attached hydrogen (secondary N) is 1. The third-order valence-electron chi connectivity index (χ3n) is 5.77. The van der Waals surface area contributed by atoms with Crippen LogP contribution in [0.15, 0.2) is 24.3 Å². The molecule has 1 aromatic rings. The minimum absolute atomic E-state index is 0.00412. The van der Waals surface area contributed by atoms with E-state index in [1.807, 2.05) is 12.1 Å². The number of halogens is 1. The fourth-order valence-corrected chi connectivity index (χ4v) is 4.43. The molecule has 0 aromatic heterocycles. The molecule has 2 N–H and O–H groups in total. The Labute approximate surface area is 192 Å². The van der Waals surface area contributed by atoms with E-state index in [2.05, 4.69) is 15.1 Å². The van der Waals surface area contributed by atoms with Gasteiger partial charge in [-0.2, -0.15) is 0 Å².